The molecule has 192 valence electrons. The van der Waals surface area contributed by atoms with Crippen LogP contribution in [0.3, 0.4) is 0 Å². The van der Waals surface area contributed by atoms with Gasteiger partial charge in [0.05, 0.1) is 17.0 Å². The van der Waals surface area contributed by atoms with Crippen molar-refractivity contribution in [1.82, 2.24) is 10.2 Å². The maximum Gasteiger partial charge on any atom is 0.242 e. The van der Waals surface area contributed by atoms with Crippen LogP contribution in [0.5, 0.6) is 0 Å². The van der Waals surface area contributed by atoms with Gasteiger partial charge in [0.15, 0.2) is 0 Å². The zero-order valence-electron chi connectivity index (χ0n) is 19.9. The smallest absolute Gasteiger partial charge is 0.242 e. The molecule has 35 heavy (non-hydrogen) atoms. The molecule has 0 bridgehead atoms. The Balaban J connectivity index is 2.23. The summed E-state index contributed by atoms with van der Waals surface area (Å²) in [6.07, 6.45) is 1.76. The summed E-state index contributed by atoms with van der Waals surface area (Å²) < 4.78 is 26.0. The topological polar surface area (TPSA) is 86.8 Å². The van der Waals surface area contributed by atoms with Crippen LogP contribution in [0.15, 0.2) is 42.5 Å². The molecule has 0 aromatic heterocycles. The van der Waals surface area contributed by atoms with Gasteiger partial charge >= 0.3 is 0 Å². The fraction of sp³-hybridized carbons (Fsp3) is 0.417. The van der Waals surface area contributed by atoms with Gasteiger partial charge in [-0.3, -0.25) is 13.9 Å². The molecular formula is C24H30Cl3N3O4S. The Morgan fingerprint density at radius 2 is 1.63 bits per heavy atom. The third-order valence-electron chi connectivity index (χ3n) is 5.33. The number of nitrogens with one attached hydrogen (secondary N) is 1. The Bertz CT molecular complexity index is 1130. The first-order valence-corrected chi connectivity index (χ1v) is 14.2. The fourth-order valence-electron chi connectivity index (χ4n) is 3.66. The van der Waals surface area contributed by atoms with Crippen molar-refractivity contribution in [2.75, 3.05) is 23.7 Å². The van der Waals surface area contributed by atoms with E-state index in [9.17, 15) is 18.0 Å². The highest BCUT2D eigenvalue weighted by atomic mass is 35.5. The highest BCUT2D eigenvalue weighted by Gasteiger charge is 2.28. The minimum absolute atomic E-state index is 0.0252. The van der Waals surface area contributed by atoms with Gasteiger partial charge in [-0.15, -0.1) is 0 Å². The second-order valence-corrected chi connectivity index (χ2v) is 11.2. The number of rotatable bonds is 12. The van der Waals surface area contributed by atoms with Crippen LogP contribution in [0.4, 0.5) is 5.69 Å². The largest absolute Gasteiger partial charge is 0.355 e. The van der Waals surface area contributed by atoms with Crippen molar-refractivity contribution < 1.29 is 18.0 Å². The Morgan fingerprint density at radius 3 is 2.20 bits per heavy atom. The van der Waals surface area contributed by atoms with Crippen LogP contribution in [0, 0.1) is 0 Å². The first kappa shape index (κ1) is 29.2. The number of benzene rings is 2. The van der Waals surface area contributed by atoms with Gasteiger partial charge in [-0.1, -0.05) is 53.9 Å². The van der Waals surface area contributed by atoms with Crippen LogP contribution in [-0.4, -0.2) is 50.5 Å². The minimum atomic E-state index is -3.68. The Labute approximate surface area is 222 Å². The SMILES string of the molecule is CCNC(=O)C(CC)N(Cc1ccc(Cl)cc1)C(=O)CCCN(c1cc(Cl)ccc1Cl)S(C)(=O)=O. The standard InChI is InChI=1S/C24H30Cl3N3O4S/c1-4-21(24(32)28-5-2)29(16-17-8-10-18(25)11-9-17)23(31)7-6-14-30(35(3,33)34)22-15-19(26)12-13-20(22)27/h8-13,15,21H,4-7,14,16H2,1-3H3,(H,28,32). The molecule has 0 aliphatic rings. The van der Waals surface area contributed by atoms with E-state index in [0.29, 0.717) is 23.0 Å². The van der Waals surface area contributed by atoms with Crippen LogP contribution in [0.25, 0.3) is 0 Å². The second kappa shape index (κ2) is 13.3. The molecule has 0 saturated carbocycles. The number of carbonyl (C=O) groups is 2. The van der Waals surface area contributed by atoms with Crippen molar-refractivity contribution >= 4 is 62.3 Å². The summed E-state index contributed by atoms with van der Waals surface area (Å²) in [7, 11) is -3.68. The molecular weight excluding hydrogens is 533 g/mol. The number of amides is 2. The molecule has 2 aromatic rings. The van der Waals surface area contributed by atoms with E-state index < -0.39 is 16.1 Å². The molecule has 0 spiro atoms. The molecule has 1 unspecified atom stereocenters. The lowest BCUT2D eigenvalue weighted by Gasteiger charge is -2.31. The van der Waals surface area contributed by atoms with Crippen molar-refractivity contribution in [2.45, 2.75) is 45.7 Å². The van der Waals surface area contributed by atoms with Crippen molar-refractivity contribution in [1.29, 1.82) is 0 Å². The summed E-state index contributed by atoms with van der Waals surface area (Å²) in [5, 5.41) is 3.94. The zero-order chi connectivity index (χ0) is 26.2. The summed E-state index contributed by atoms with van der Waals surface area (Å²) in [4.78, 5) is 27.5. The van der Waals surface area contributed by atoms with E-state index in [-0.39, 0.29) is 48.5 Å². The summed E-state index contributed by atoms with van der Waals surface area (Å²) in [6, 6.07) is 11.0. The lowest BCUT2D eigenvalue weighted by atomic mass is 10.1. The number of sulfonamides is 1. The second-order valence-electron chi connectivity index (χ2n) is 8.00. The van der Waals surface area contributed by atoms with Gasteiger partial charge in [0.25, 0.3) is 0 Å². The maximum atomic E-state index is 13.3. The summed E-state index contributed by atoms with van der Waals surface area (Å²) >= 11 is 18.2. The molecule has 2 rings (SSSR count). The molecule has 1 N–H and O–H groups in total. The summed E-state index contributed by atoms with van der Waals surface area (Å²) in [6.45, 7) is 4.35. The third-order valence-corrected chi connectivity index (χ3v) is 7.32. The van der Waals surface area contributed by atoms with Gasteiger partial charge in [-0.25, -0.2) is 8.42 Å². The van der Waals surface area contributed by atoms with E-state index in [2.05, 4.69) is 5.32 Å². The number of anilines is 1. The lowest BCUT2D eigenvalue weighted by molar-refractivity contribution is -0.141. The van der Waals surface area contributed by atoms with Crippen LogP contribution < -0.4 is 9.62 Å². The number of hydrogen-bond acceptors (Lipinski definition) is 4. The van der Waals surface area contributed by atoms with Crippen molar-refractivity contribution in [2.24, 2.45) is 0 Å². The molecule has 0 fully saturated rings. The molecule has 1 atom stereocenters. The van der Waals surface area contributed by atoms with E-state index in [1.54, 1.807) is 30.3 Å². The Kier molecular flexibility index (Phi) is 11.1. The van der Waals surface area contributed by atoms with E-state index >= 15 is 0 Å². The number of hydrogen-bond donors (Lipinski definition) is 1. The average molecular weight is 563 g/mol. The lowest BCUT2D eigenvalue weighted by Crippen LogP contribution is -2.49. The molecule has 0 saturated heterocycles. The first-order chi connectivity index (χ1) is 16.5. The van der Waals surface area contributed by atoms with Crippen LogP contribution in [0.1, 0.15) is 38.7 Å². The quantitative estimate of drug-likeness (QED) is 0.388. The predicted molar refractivity (Wildman–Crippen MR) is 143 cm³/mol. The molecule has 0 aliphatic carbocycles. The highest BCUT2D eigenvalue weighted by Crippen LogP contribution is 2.31. The van der Waals surface area contributed by atoms with E-state index in [1.165, 1.54) is 17.0 Å². The maximum absolute atomic E-state index is 13.3. The Hall–Kier alpha value is -2.00. The number of likely N-dealkylation sites (N-methyl/N-ethyl adjacent to an activating group) is 1. The molecule has 0 heterocycles. The molecule has 7 nitrogen and oxygen atoms in total. The van der Waals surface area contributed by atoms with E-state index in [4.69, 9.17) is 34.8 Å². The fourth-order valence-corrected chi connectivity index (χ4v) is 5.19. The van der Waals surface area contributed by atoms with Gasteiger partial charge < -0.3 is 10.2 Å². The summed E-state index contributed by atoms with van der Waals surface area (Å²) in [5.74, 6) is -0.496. The monoisotopic (exact) mass is 561 g/mol. The average Bonchev–Trinajstić information content (AvgIpc) is 2.79. The molecule has 11 heteroatoms. The molecule has 2 aromatic carbocycles. The van der Waals surface area contributed by atoms with Crippen LogP contribution in [0.2, 0.25) is 15.1 Å². The first-order valence-electron chi connectivity index (χ1n) is 11.2. The third kappa shape index (κ3) is 8.56. The van der Waals surface area contributed by atoms with Crippen molar-refractivity contribution in [3.63, 3.8) is 0 Å². The highest BCUT2D eigenvalue weighted by molar-refractivity contribution is 7.92. The zero-order valence-corrected chi connectivity index (χ0v) is 23.0. The van der Waals surface area contributed by atoms with Crippen LogP contribution >= 0.6 is 34.8 Å². The minimum Gasteiger partial charge on any atom is -0.355 e. The Morgan fingerprint density at radius 1 is 1.00 bits per heavy atom. The molecule has 0 aliphatic heterocycles. The number of halogens is 3. The van der Waals surface area contributed by atoms with E-state index in [1.807, 2.05) is 13.8 Å². The molecule has 0 radical (unpaired) electrons. The van der Waals surface area contributed by atoms with Crippen molar-refractivity contribution in [3.8, 4) is 0 Å². The normalized spacial score (nSPS) is 12.2. The van der Waals surface area contributed by atoms with Gasteiger partial charge in [-0.05, 0) is 55.7 Å². The van der Waals surface area contributed by atoms with Crippen molar-refractivity contribution in [3.05, 3.63) is 63.1 Å². The van der Waals surface area contributed by atoms with Gasteiger partial charge in [0.2, 0.25) is 21.8 Å². The van der Waals surface area contributed by atoms with Gasteiger partial charge in [-0.2, -0.15) is 0 Å². The van der Waals surface area contributed by atoms with E-state index in [0.717, 1.165) is 16.1 Å². The predicted octanol–water partition coefficient (Wildman–Crippen LogP) is 5.14. The van der Waals surface area contributed by atoms with Gasteiger partial charge in [0.1, 0.15) is 6.04 Å². The summed E-state index contributed by atoms with van der Waals surface area (Å²) in [5.41, 5.74) is 1.08. The molecule has 2 amide bonds. The number of nitrogens with zero attached hydrogens (tertiary/aromatic N) is 2. The van der Waals surface area contributed by atoms with Gasteiger partial charge in [0, 0.05) is 36.1 Å². The number of carbonyl (C=O) groups excluding carboxylic acids is 2. The van der Waals surface area contributed by atoms with Crippen LogP contribution in [-0.2, 0) is 26.2 Å².